The smallest absolute Gasteiger partial charge is 0.232 e. The average molecular weight is 377 g/mol. The first kappa shape index (κ1) is 17.5. The van der Waals surface area contributed by atoms with Gasteiger partial charge in [-0.2, -0.15) is 0 Å². The molecule has 1 aromatic heterocycles. The first-order chi connectivity index (χ1) is 12.1. The molecule has 0 aliphatic rings. The third kappa shape index (κ3) is 4.41. The largest absolute Gasteiger partial charge is 0.453 e. The van der Waals surface area contributed by atoms with Crippen LogP contribution in [0.5, 0.6) is 11.5 Å². The van der Waals surface area contributed by atoms with Gasteiger partial charge in [0.05, 0.1) is 11.4 Å². The van der Waals surface area contributed by atoms with Crippen LogP contribution in [0.1, 0.15) is 6.42 Å². The second-order valence-electron chi connectivity index (χ2n) is 5.39. The van der Waals surface area contributed by atoms with Crippen LogP contribution in [0.4, 0.5) is 5.69 Å². The van der Waals surface area contributed by atoms with Crippen molar-refractivity contribution in [3.63, 3.8) is 0 Å². The first-order valence-electron chi connectivity index (χ1n) is 7.76. The summed E-state index contributed by atoms with van der Waals surface area (Å²) in [7, 11) is -3.48. The Morgan fingerprint density at radius 3 is 2.60 bits per heavy atom. The molecule has 0 unspecified atom stereocenters. The van der Waals surface area contributed by atoms with Gasteiger partial charge in [0, 0.05) is 17.5 Å². The summed E-state index contributed by atoms with van der Waals surface area (Å²) < 4.78 is 32.8. The molecule has 0 bridgehead atoms. The van der Waals surface area contributed by atoms with Crippen molar-refractivity contribution in [2.24, 2.45) is 0 Å². The number of alkyl halides is 1. The summed E-state index contributed by atoms with van der Waals surface area (Å²) >= 11 is 5.58. The maximum atomic E-state index is 12.1. The summed E-state index contributed by atoms with van der Waals surface area (Å²) in [5, 5.41) is 0.945. The molecule has 0 atom stereocenters. The van der Waals surface area contributed by atoms with Crippen LogP contribution in [0.15, 0.2) is 60.8 Å². The fourth-order valence-electron chi connectivity index (χ4n) is 2.38. The van der Waals surface area contributed by atoms with Crippen LogP contribution in [0.25, 0.3) is 10.9 Å². The molecule has 1 heterocycles. The zero-order valence-electron chi connectivity index (χ0n) is 13.4. The lowest BCUT2D eigenvalue weighted by atomic mass is 10.2. The van der Waals surface area contributed by atoms with E-state index in [9.17, 15) is 8.42 Å². The number of fused-ring (bicyclic) bond motifs is 1. The SMILES string of the molecule is O=S(=O)(CCCCl)Nc1ccccc1Oc1cccc2cccnc12. The molecule has 25 heavy (non-hydrogen) atoms. The third-order valence-electron chi connectivity index (χ3n) is 3.51. The Balaban J connectivity index is 1.91. The van der Waals surface area contributed by atoms with Crippen molar-refractivity contribution >= 4 is 38.2 Å². The van der Waals surface area contributed by atoms with Crippen molar-refractivity contribution in [1.82, 2.24) is 4.98 Å². The van der Waals surface area contributed by atoms with Crippen molar-refractivity contribution < 1.29 is 13.2 Å². The van der Waals surface area contributed by atoms with E-state index in [1.54, 1.807) is 36.5 Å². The van der Waals surface area contributed by atoms with Gasteiger partial charge in [-0.05, 0) is 30.7 Å². The second-order valence-corrected chi connectivity index (χ2v) is 7.61. The van der Waals surface area contributed by atoms with E-state index < -0.39 is 10.0 Å². The topological polar surface area (TPSA) is 68.3 Å². The number of sulfonamides is 1. The van der Waals surface area contributed by atoms with E-state index in [1.165, 1.54) is 0 Å². The Kier molecular flexibility index (Phi) is 5.40. The highest BCUT2D eigenvalue weighted by Gasteiger charge is 2.14. The summed E-state index contributed by atoms with van der Waals surface area (Å²) in [6.07, 6.45) is 2.07. The van der Waals surface area contributed by atoms with Gasteiger partial charge in [-0.15, -0.1) is 11.6 Å². The normalized spacial score (nSPS) is 11.4. The predicted molar refractivity (Wildman–Crippen MR) is 101 cm³/mol. The maximum absolute atomic E-state index is 12.1. The van der Waals surface area contributed by atoms with Gasteiger partial charge in [-0.25, -0.2) is 8.42 Å². The second kappa shape index (κ2) is 7.72. The van der Waals surface area contributed by atoms with Gasteiger partial charge in [0.1, 0.15) is 5.52 Å². The molecule has 0 aliphatic carbocycles. The van der Waals surface area contributed by atoms with Crippen LogP contribution < -0.4 is 9.46 Å². The number of halogens is 1. The Morgan fingerprint density at radius 2 is 1.76 bits per heavy atom. The average Bonchev–Trinajstić information content (AvgIpc) is 2.62. The van der Waals surface area contributed by atoms with E-state index in [0.29, 0.717) is 35.0 Å². The van der Waals surface area contributed by atoms with Gasteiger partial charge in [-0.3, -0.25) is 9.71 Å². The lowest BCUT2D eigenvalue weighted by Gasteiger charge is -2.14. The standard InChI is InChI=1S/C18H17ClN2O3S/c19-11-5-13-25(22,23)21-15-8-1-2-9-16(15)24-17-10-3-6-14-7-4-12-20-18(14)17/h1-4,6-10,12,21H,5,11,13H2. The third-order valence-corrected chi connectivity index (χ3v) is 5.14. The molecular weight excluding hydrogens is 360 g/mol. The van der Waals surface area contributed by atoms with Crippen molar-refractivity contribution in [1.29, 1.82) is 0 Å². The van der Waals surface area contributed by atoms with E-state index in [2.05, 4.69) is 9.71 Å². The van der Waals surface area contributed by atoms with Gasteiger partial charge in [0.2, 0.25) is 10.0 Å². The molecule has 5 nitrogen and oxygen atoms in total. The fourth-order valence-corrected chi connectivity index (χ4v) is 3.80. The fraction of sp³-hybridized carbons (Fsp3) is 0.167. The van der Waals surface area contributed by atoms with Crippen molar-refractivity contribution in [3.05, 3.63) is 60.8 Å². The number of ether oxygens (including phenoxy) is 1. The van der Waals surface area contributed by atoms with E-state index in [4.69, 9.17) is 16.3 Å². The number of anilines is 1. The molecule has 3 rings (SSSR count). The molecule has 0 saturated heterocycles. The molecule has 1 N–H and O–H groups in total. The summed E-state index contributed by atoms with van der Waals surface area (Å²) in [5.74, 6) is 1.22. The molecule has 0 aliphatic heterocycles. The molecular formula is C18H17ClN2O3S. The van der Waals surface area contributed by atoms with E-state index >= 15 is 0 Å². The summed E-state index contributed by atoms with van der Waals surface area (Å²) in [6, 6.07) is 16.3. The number of nitrogens with one attached hydrogen (secondary N) is 1. The van der Waals surface area contributed by atoms with E-state index in [0.717, 1.165) is 5.39 Å². The molecule has 130 valence electrons. The maximum Gasteiger partial charge on any atom is 0.232 e. The zero-order chi connectivity index (χ0) is 17.7. The van der Waals surface area contributed by atoms with Gasteiger partial charge < -0.3 is 4.74 Å². The monoisotopic (exact) mass is 376 g/mol. The molecule has 0 saturated carbocycles. The highest BCUT2D eigenvalue weighted by molar-refractivity contribution is 7.92. The minimum Gasteiger partial charge on any atom is -0.453 e. The van der Waals surface area contributed by atoms with Crippen molar-refractivity contribution in [2.75, 3.05) is 16.4 Å². The highest BCUT2D eigenvalue weighted by atomic mass is 35.5. The van der Waals surface area contributed by atoms with Crippen LogP contribution in [-0.2, 0) is 10.0 Å². The molecule has 7 heteroatoms. The van der Waals surface area contributed by atoms with Gasteiger partial charge in [-0.1, -0.05) is 30.3 Å². The first-order valence-corrected chi connectivity index (χ1v) is 9.95. The van der Waals surface area contributed by atoms with Gasteiger partial charge in [0.15, 0.2) is 11.5 Å². The molecule has 0 fully saturated rings. The lowest BCUT2D eigenvalue weighted by Crippen LogP contribution is -2.17. The number of benzene rings is 2. The zero-order valence-corrected chi connectivity index (χ0v) is 14.9. The molecule has 0 radical (unpaired) electrons. The minimum absolute atomic E-state index is 0.0410. The number of pyridine rings is 1. The van der Waals surface area contributed by atoms with Crippen molar-refractivity contribution in [3.8, 4) is 11.5 Å². The summed E-state index contributed by atoms with van der Waals surface area (Å²) in [4.78, 5) is 4.34. The Labute approximate surface area is 151 Å². The molecule has 2 aromatic carbocycles. The number of rotatable bonds is 7. The molecule has 3 aromatic rings. The predicted octanol–water partition coefficient (Wildman–Crippen LogP) is 4.40. The Bertz CT molecular complexity index is 971. The number of nitrogens with zero attached hydrogens (tertiary/aromatic N) is 1. The van der Waals surface area contributed by atoms with Crippen LogP contribution in [0.3, 0.4) is 0 Å². The summed E-state index contributed by atoms with van der Waals surface area (Å²) in [6.45, 7) is 0. The van der Waals surface area contributed by atoms with Crippen LogP contribution in [-0.4, -0.2) is 25.0 Å². The van der Waals surface area contributed by atoms with Crippen LogP contribution in [0, 0.1) is 0 Å². The number of aromatic nitrogens is 1. The summed E-state index contributed by atoms with van der Waals surface area (Å²) in [5.41, 5.74) is 1.09. The Morgan fingerprint density at radius 1 is 1.00 bits per heavy atom. The van der Waals surface area contributed by atoms with E-state index in [1.807, 2.05) is 24.3 Å². The highest BCUT2D eigenvalue weighted by Crippen LogP contribution is 2.33. The quantitative estimate of drug-likeness (QED) is 0.620. The van der Waals surface area contributed by atoms with Crippen LogP contribution in [0.2, 0.25) is 0 Å². The molecule has 0 amide bonds. The number of hydrogen-bond donors (Lipinski definition) is 1. The number of hydrogen-bond acceptors (Lipinski definition) is 4. The lowest BCUT2D eigenvalue weighted by molar-refractivity contribution is 0.489. The van der Waals surface area contributed by atoms with Gasteiger partial charge >= 0.3 is 0 Å². The molecule has 0 spiro atoms. The Hall–Kier alpha value is -2.31. The van der Waals surface area contributed by atoms with Crippen LogP contribution >= 0.6 is 11.6 Å². The van der Waals surface area contributed by atoms with E-state index in [-0.39, 0.29) is 5.75 Å². The minimum atomic E-state index is -3.48. The number of para-hydroxylation sites is 3. The van der Waals surface area contributed by atoms with Gasteiger partial charge in [0.25, 0.3) is 0 Å². The van der Waals surface area contributed by atoms with Crippen molar-refractivity contribution in [2.45, 2.75) is 6.42 Å².